The first-order valence-corrected chi connectivity index (χ1v) is 9.20. The molecule has 0 atom stereocenters. The number of hydrogen-bond donors (Lipinski definition) is 3. The molecule has 0 aliphatic carbocycles. The second kappa shape index (κ2) is 6.58. The van der Waals surface area contributed by atoms with Crippen LogP contribution in [0.15, 0.2) is 0 Å². The number of rotatable bonds is 6. The van der Waals surface area contributed by atoms with Gasteiger partial charge in [-0.3, -0.25) is 4.79 Å². The van der Waals surface area contributed by atoms with Crippen molar-refractivity contribution < 1.29 is 13.2 Å². The Balaban J connectivity index is 1.90. The van der Waals surface area contributed by atoms with E-state index in [0.29, 0.717) is 4.88 Å². The van der Waals surface area contributed by atoms with E-state index in [-0.39, 0.29) is 30.4 Å². The molecule has 8 nitrogen and oxygen atoms in total. The fraction of sp³-hybridized carbons (Fsp3) is 0.636. The van der Waals surface area contributed by atoms with Crippen molar-refractivity contribution in [3.05, 3.63) is 4.88 Å². The molecule has 0 aromatic carbocycles. The van der Waals surface area contributed by atoms with Gasteiger partial charge in [0.05, 0.1) is 5.75 Å². The van der Waals surface area contributed by atoms with Crippen molar-refractivity contribution in [1.29, 1.82) is 0 Å². The van der Waals surface area contributed by atoms with Crippen molar-refractivity contribution in [2.24, 2.45) is 5.14 Å². The summed E-state index contributed by atoms with van der Waals surface area (Å²) in [6.07, 6.45) is 2.51. The molecule has 0 bridgehead atoms. The van der Waals surface area contributed by atoms with Crippen LogP contribution in [0, 0.1) is 0 Å². The number of aromatic nitrogens is 1. The van der Waals surface area contributed by atoms with E-state index >= 15 is 0 Å². The lowest BCUT2D eigenvalue weighted by atomic mass is 10.4. The summed E-state index contributed by atoms with van der Waals surface area (Å²) in [5.41, 5.74) is 5.78. The van der Waals surface area contributed by atoms with E-state index in [1.807, 2.05) is 0 Å². The number of carbonyl (C=O) groups is 1. The molecule has 21 heavy (non-hydrogen) atoms. The molecule has 0 saturated carbocycles. The summed E-state index contributed by atoms with van der Waals surface area (Å²) in [6, 6.07) is 0. The highest BCUT2D eigenvalue weighted by Crippen LogP contribution is 2.30. The first-order chi connectivity index (χ1) is 9.87. The van der Waals surface area contributed by atoms with E-state index in [0.717, 1.165) is 31.1 Å². The maximum Gasteiger partial charge on any atom is 0.265 e. The van der Waals surface area contributed by atoms with Gasteiger partial charge in [-0.15, -0.1) is 0 Å². The van der Waals surface area contributed by atoms with Crippen LogP contribution in [0.1, 0.15) is 28.9 Å². The maximum atomic E-state index is 12.0. The van der Waals surface area contributed by atoms with Gasteiger partial charge in [-0.05, 0) is 19.3 Å². The Morgan fingerprint density at radius 3 is 2.67 bits per heavy atom. The van der Waals surface area contributed by atoms with E-state index in [2.05, 4.69) is 15.2 Å². The highest BCUT2D eigenvalue weighted by atomic mass is 32.2. The third kappa shape index (κ3) is 4.55. The average molecular weight is 333 g/mol. The van der Waals surface area contributed by atoms with Gasteiger partial charge in [-0.25, -0.2) is 18.5 Å². The van der Waals surface area contributed by atoms with Crippen LogP contribution in [-0.2, 0) is 10.0 Å². The molecular formula is C11H19N5O3S2. The van der Waals surface area contributed by atoms with Crippen LogP contribution in [0.4, 0.5) is 10.9 Å². The number of anilines is 2. The standard InChI is InChI=1S/C11H19N5O3S2/c12-9-8(10(17)14-4-3-7-21(13,18)19)20-11(15-9)16-5-1-2-6-16/h1-7,12H2,(H,14,17)(H2,13,18,19). The number of thiazole rings is 1. The number of primary sulfonamides is 1. The van der Waals surface area contributed by atoms with Crippen molar-refractivity contribution >= 4 is 38.2 Å². The molecular weight excluding hydrogens is 314 g/mol. The normalized spacial score (nSPS) is 15.4. The Hall–Kier alpha value is -1.39. The van der Waals surface area contributed by atoms with E-state index in [1.165, 1.54) is 11.3 Å². The first kappa shape index (κ1) is 16.0. The second-order valence-electron chi connectivity index (χ2n) is 4.88. The molecule has 1 aliphatic heterocycles. The number of nitrogens with two attached hydrogens (primary N) is 2. The minimum Gasteiger partial charge on any atom is -0.382 e. The average Bonchev–Trinajstić information content (AvgIpc) is 3.02. The third-order valence-electron chi connectivity index (χ3n) is 3.12. The molecule has 1 aromatic rings. The quantitative estimate of drug-likeness (QED) is 0.614. The van der Waals surface area contributed by atoms with Gasteiger partial charge in [-0.2, -0.15) is 0 Å². The van der Waals surface area contributed by atoms with Crippen molar-refractivity contribution in [2.75, 3.05) is 36.0 Å². The first-order valence-electron chi connectivity index (χ1n) is 6.67. The van der Waals surface area contributed by atoms with Crippen LogP contribution in [0.3, 0.4) is 0 Å². The fourth-order valence-corrected chi connectivity index (χ4v) is 3.58. The lowest BCUT2D eigenvalue weighted by Gasteiger charge is -2.11. The summed E-state index contributed by atoms with van der Waals surface area (Å²) < 4.78 is 21.6. The van der Waals surface area contributed by atoms with Gasteiger partial charge in [0.25, 0.3) is 5.91 Å². The molecule has 2 rings (SSSR count). The second-order valence-corrected chi connectivity index (χ2v) is 7.59. The van der Waals surface area contributed by atoms with Crippen molar-refractivity contribution in [1.82, 2.24) is 10.3 Å². The molecule has 1 amide bonds. The summed E-state index contributed by atoms with van der Waals surface area (Å²) in [5.74, 6) is -0.277. The maximum absolute atomic E-state index is 12.0. The summed E-state index contributed by atoms with van der Waals surface area (Å²) in [7, 11) is -3.49. The van der Waals surface area contributed by atoms with Gasteiger partial charge in [0, 0.05) is 19.6 Å². The van der Waals surface area contributed by atoms with Gasteiger partial charge >= 0.3 is 0 Å². The van der Waals surface area contributed by atoms with Gasteiger partial charge < -0.3 is 16.0 Å². The van der Waals surface area contributed by atoms with Crippen molar-refractivity contribution in [3.63, 3.8) is 0 Å². The van der Waals surface area contributed by atoms with Crippen LogP contribution >= 0.6 is 11.3 Å². The van der Waals surface area contributed by atoms with Crippen LogP contribution in [0.2, 0.25) is 0 Å². The molecule has 1 aliphatic rings. The van der Waals surface area contributed by atoms with Gasteiger partial charge in [0.15, 0.2) is 5.13 Å². The summed E-state index contributed by atoms with van der Waals surface area (Å²) in [6.45, 7) is 2.09. The van der Waals surface area contributed by atoms with Crippen LogP contribution in [0.25, 0.3) is 0 Å². The zero-order chi connectivity index (χ0) is 15.5. The Bertz CT molecular complexity index is 607. The zero-order valence-corrected chi connectivity index (χ0v) is 13.2. The van der Waals surface area contributed by atoms with Gasteiger partial charge in [0.2, 0.25) is 10.0 Å². The molecule has 0 radical (unpaired) electrons. The summed E-state index contributed by atoms with van der Waals surface area (Å²) >= 11 is 1.26. The number of nitrogen functional groups attached to an aromatic ring is 1. The molecule has 1 aromatic heterocycles. The minimum absolute atomic E-state index is 0.162. The highest BCUT2D eigenvalue weighted by molar-refractivity contribution is 7.89. The predicted molar refractivity (Wildman–Crippen MR) is 82.9 cm³/mol. The van der Waals surface area contributed by atoms with E-state index in [1.54, 1.807) is 0 Å². The van der Waals surface area contributed by atoms with E-state index < -0.39 is 10.0 Å². The molecule has 2 heterocycles. The largest absolute Gasteiger partial charge is 0.382 e. The molecule has 1 fully saturated rings. The molecule has 10 heteroatoms. The SMILES string of the molecule is Nc1nc(N2CCCC2)sc1C(=O)NCCCS(N)(=O)=O. The number of carbonyl (C=O) groups excluding carboxylic acids is 1. The number of sulfonamides is 1. The smallest absolute Gasteiger partial charge is 0.265 e. The van der Waals surface area contributed by atoms with E-state index in [9.17, 15) is 13.2 Å². The molecule has 0 unspecified atom stereocenters. The lowest BCUT2D eigenvalue weighted by molar-refractivity contribution is 0.0958. The third-order valence-corrected chi connectivity index (χ3v) is 5.10. The number of hydrogen-bond acceptors (Lipinski definition) is 7. The Morgan fingerprint density at radius 1 is 1.38 bits per heavy atom. The summed E-state index contributed by atoms with van der Waals surface area (Å²) in [5, 5.41) is 8.28. The molecule has 5 N–H and O–H groups in total. The van der Waals surface area contributed by atoms with Crippen LogP contribution in [0.5, 0.6) is 0 Å². The Labute approximate surface area is 127 Å². The van der Waals surface area contributed by atoms with Crippen molar-refractivity contribution in [2.45, 2.75) is 19.3 Å². The number of nitrogens with zero attached hydrogens (tertiary/aromatic N) is 2. The van der Waals surface area contributed by atoms with E-state index in [4.69, 9.17) is 10.9 Å². The Morgan fingerprint density at radius 2 is 2.05 bits per heavy atom. The van der Waals surface area contributed by atoms with Gasteiger partial charge in [0.1, 0.15) is 10.7 Å². The lowest BCUT2D eigenvalue weighted by Crippen LogP contribution is -2.27. The summed E-state index contributed by atoms with van der Waals surface area (Å²) in [4.78, 5) is 18.7. The number of nitrogens with one attached hydrogen (secondary N) is 1. The fourth-order valence-electron chi connectivity index (χ4n) is 2.08. The molecule has 118 valence electrons. The topological polar surface area (TPSA) is 131 Å². The Kier molecular flexibility index (Phi) is 5.01. The highest BCUT2D eigenvalue weighted by Gasteiger charge is 2.21. The predicted octanol–water partition coefficient (Wildman–Crippen LogP) is -0.266. The van der Waals surface area contributed by atoms with Gasteiger partial charge in [-0.1, -0.05) is 11.3 Å². The monoisotopic (exact) mass is 333 g/mol. The number of amides is 1. The minimum atomic E-state index is -3.49. The van der Waals surface area contributed by atoms with Crippen LogP contribution in [-0.4, -0.2) is 44.7 Å². The molecule has 1 saturated heterocycles. The zero-order valence-electron chi connectivity index (χ0n) is 11.5. The van der Waals surface area contributed by atoms with Crippen LogP contribution < -0.4 is 21.1 Å². The van der Waals surface area contributed by atoms with Crippen molar-refractivity contribution in [3.8, 4) is 0 Å². The molecule has 0 spiro atoms.